The summed E-state index contributed by atoms with van der Waals surface area (Å²) in [6, 6.07) is 0. The van der Waals surface area contributed by atoms with Crippen molar-refractivity contribution < 1.29 is 9.84 Å². The van der Waals surface area contributed by atoms with Crippen molar-refractivity contribution in [3.63, 3.8) is 0 Å². The van der Waals surface area contributed by atoms with Gasteiger partial charge in [-0.3, -0.25) is 0 Å². The normalized spacial score (nSPS) is 40.8. The third kappa shape index (κ3) is 2.42. The fourth-order valence-corrected chi connectivity index (χ4v) is 2.36. The third-order valence-electron chi connectivity index (χ3n) is 3.08. The minimum absolute atomic E-state index is 0.310. The van der Waals surface area contributed by atoms with Crippen LogP contribution in [0.1, 0.15) is 32.1 Å². The van der Waals surface area contributed by atoms with Crippen LogP contribution in [0.3, 0.4) is 0 Å². The lowest BCUT2D eigenvalue weighted by Crippen LogP contribution is -2.47. The van der Waals surface area contributed by atoms with Gasteiger partial charge in [-0.1, -0.05) is 0 Å². The van der Waals surface area contributed by atoms with Crippen molar-refractivity contribution in [2.24, 2.45) is 0 Å². The molecule has 2 fully saturated rings. The highest BCUT2D eigenvalue weighted by atomic mass is 16.5. The number of hydrogen-bond acceptors (Lipinski definition) is 3. The standard InChI is InChI=1S/C10H19NO2/c12-10(4-2-5-11-8-10)7-9-3-1-6-13-9/h9,11-12H,1-8H2. The highest BCUT2D eigenvalue weighted by Crippen LogP contribution is 2.27. The zero-order valence-corrected chi connectivity index (χ0v) is 8.09. The SMILES string of the molecule is OC1(CC2CCCO2)CCCNC1. The Labute approximate surface area is 79.5 Å². The Hall–Kier alpha value is -0.120. The fourth-order valence-electron chi connectivity index (χ4n) is 2.36. The molecule has 2 rings (SSSR count). The van der Waals surface area contributed by atoms with Crippen molar-refractivity contribution in [3.8, 4) is 0 Å². The van der Waals surface area contributed by atoms with E-state index >= 15 is 0 Å². The minimum atomic E-state index is -0.493. The number of hydrogen-bond donors (Lipinski definition) is 2. The summed E-state index contributed by atoms with van der Waals surface area (Å²) in [5, 5.41) is 13.4. The molecule has 0 aromatic heterocycles. The Balaban J connectivity index is 1.83. The molecule has 0 bridgehead atoms. The van der Waals surface area contributed by atoms with Crippen molar-refractivity contribution in [1.29, 1.82) is 0 Å². The van der Waals surface area contributed by atoms with Gasteiger partial charge < -0.3 is 15.2 Å². The van der Waals surface area contributed by atoms with E-state index in [2.05, 4.69) is 5.32 Å². The number of rotatable bonds is 2. The van der Waals surface area contributed by atoms with Crippen molar-refractivity contribution in [2.45, 2.75) is 43.8 Å². The van der Waals surface area contributed by atoms with Gasteiger partial charge in [0.05, 0.1) is 11.7 Å². The van der Waals surface area contributed by atoms with Gasteiger partial charge in [-0.25, -0.2) is 0 Å². The summed E-state index contributed by atoms with van der Waals surface area (Å²) in [5.74, 6) is 0. The highest BCUT2D eigenvalue weighted by molar-refractivity contribution is 4.88. The maximum absolute atomic E-state index is 10.2. The molecule has 3 heteroatoms. The Kier molecular flexibility index (Phi) is 2.86. The first-order valence-corrected chi connectivity index (χ1v) is 5.33. The Bertz CT molecular complexity index is 160. The Morgan fingerprint density at radius 3 is 3.00 bits per heavy atom. The van der Waals surface area contributed by atoms with E-state index in [-0.39, 0.29) is 0 Å². The fraction of sp³-hybridized carbons (Fsp3) is 1.00. The Morgan fingerprint density at radius 1 is 1.46 bits per heavy atom. The van der Waals surface area contributed by atoms with E-state index in [1.165, 1.54) is 0 Å². The van der Waals surface area contributed by atoms with Crippen LogP contribution >= 0.6 is 0 Å². The predicted molar refractivity (Wildman–Crippen MR) is 50.6 cm³/mol. The van der Waals surface area contributed by atoms with E-state index in [1.807, 2.05) is 0 Å². The lowest BCUT2D eigenvalue weighted by Gasteiger charge is -2.34. The molecule has 3 nitrogen and oxygen atoms in total. The summed E-state index contributed by atoms with van der Waals surface area (Å²) in [6.45, 7) is 2.68. The maximum atomic E-state index is 10.2. The van der Waals surface area contributed by atoms with Crippen LogP contribution in [-0.4, -0.2) is 36.5 Å². The van der Waals surface area contributed by atoms with E-state index in [9.17, 15) is 5.11 Å². The molecular weight excluding hydrogens is 166 g/mol. The summed E-state index contributed by atoms with van der Waals surface area (Å²) in [7, 11) is 0. The number of ether oxygens (including phenoxy) is 1. The average Bonchev–Trinajstić information content (AvgIpc) is 2.57. The van der Waals surface area contributed by atoms with Crippen LogP contribution in [0.5, 0.6) is 0 Å². The van der Waals surface area contributed by atoms with Gasteiger partial charge >= 0.3 is 0 Å². The van der Waals surface area contributed by atoms with Crippen molar-refractivity contribution in [1.82, 2.24) is 5.32 Å². The minimum Gasteiger partial charge on any atom is -0.388 e. The van der Waals surface area contributed by atoms with Gasteiger partial charge in [0.2, 0.25) is 0 Å². The molecule has 0 amide bonds. The molecule has 2 N–H and O–H groups in total. The molecule has 0 saturated carbocycles. The number of nitrogens with one attached hydrogen (secondary N) is 1. The molecule has 2 atom stereocenters. The first kappa shape index (κ1) is 9.44. The smallest absolute Gasteiger partial charge is 0.0796 e. The van der Waals surface area contributed by atoms with E-state index in [0.29, 0.717) is 6.10 Å². The van der Waals surface area contributed by atoms with Gasteiger partial charge in [-0.05, 0) is 32.2 Å². The molecule has 76 valence electrons. The molecule has 0 aliphatic carbocycles. The molecule has 0 spiro atoms. The second kappa shape index (κ2) is 3.95. The molecule has 2 unspecified atom stereocenters. The van der Waals surface area contributed by atoms with Gasteiger partial charge in [-0.2, -0.15) is 0 Å². The van der Waals surface area contributed by atoms with Gasteiger partial charge in [-0.15, -0.1) is 0 Å². The molecule has 2 aliphatic rings. The second-order valence-corrected chi connectivity index (χ2v) is 4.34. The van der Waals surface area contributed by atoms with Crippen LogP contribution in [-0.2, 0) is 4.74 Å². The van der Waals surface area contributed by atoms with Crippen molar-refractivity contribution in [3.05, 3.63) is 0 Å². The average molecular weight is 185 g/mol. The zero-order valence-electron chi connectivity index (χ0n) is 8.09. The van der Waals surface area contributed by atoms with Crippen molar-refractivity contribution in [2.75, 3.05) is 19.7 Å². The summed E-state index contributed by atoms with van der Waals surface area (Å²) in [4.78, 5) is 0. The largest absolute Gasteiger partial charge is 0.388 e. The lowest BCUT2D eigenvalue weighted by molar-refractivity contribution is -0.0340. The molecule has 0 aromatic rings. The van der Waals surface area contributed by atoms with Crippen LogP contribution in [0.25, 0.3) is 0 Å². The van der Waals surface area contributed by atoms with Gasteiger partial charge in [0.25, 0.3) is 0 Å². The van der Waals surface area contributed by atoms with Crippen LogP contribution < -0.4 is 5.32 Å². The highest BCUT2D eigenvalue weighted by Gasteiger charge is 2.33. The molecule has 0 radical (unpaired) electrons. The predicted octanol–water partition coefficient (Wildman–Crippen LogP) is 0.670. The Morgan fingerprint density at radius 2 is 2.38 bits per heavy atom. The molecule has 2 heterocycles. The van der Waals surface area contributed by atoms with Crippen LogP contribution in [0, 0.1) is 0 Å². The molecular formula is C10H19NO2. The molecule has 13 heavy (non-hydrogen) atoms. The maximum Gasteiger partial charge on any atom is 0.0796 e. The second-order valence-electron chi connectivity index (χ2n) is 4.34. The van der Waals surface area contributed by atoms with E-state index in [0.717, 1.165) is 51.8 Å². The van der Waals surface area contributed by atoms with Crippen LogP contribution in [0.4, 0.5) is 0 Å². The van der Waals surface area contributed by atoms with E-state index in [4.69, 9.17) is 4.74 Å². The van der Waals surface area contributed by atoms with E-state index < -0.39 is 5.60 Å². The summed E-state index contributed by atoms with van der Waals surface area (Å²) in [5.41, 5.74) is -0.493. The first-order chi connectivity index (χ1) is 6.29. The van der Waals surface area contributed by atoms with Crippen LogP contribution in [0.2, 0.25) is 0 Å². The first-order valence-electron chi connectivity index (χ1n) is 5.33. The summed E-state index contributed by atoms with van der Waals surface area (Å²) in [6.07, 6.45) is 5.43. The van der Waals surface area contributed by atoms with Crippen molar-refractivity contribution >= 4 is 0 Å². The molecule has 2 aliphatic heterocycles. The zero-order chi connectivity index (χ0) is 9.15. The molecule has 2 saturated heterocycles. The number of aliphatic hydroxyl groups is 1. The van der Waals surface area contributed by atoms with E-state index in [1.54, 1.807) is 0 Å². The number of piperidine rings is 1. The quantitative estimate of drug-likeness (QED) is 0.664. The lowest BCUT2D eigenvalue weighted by atomic mass is 9.88. The van der Waals surface area contributed by atoms with Crippen LogP contribution in [0.15, 0.2) is 0 Å². The number of β-amino-alcohol motifs (C(OH)–C–C–N with tert-alkyl or cyclic N) is 1. The summed E-state index contributed by atoms with van der Waals surface area (Å²) >= 11 is 0. The van der Waals surface area contributed by atoms with Gasteiger partial charge in [0, 0.05) is 19.6 Å². The monoisotopic (exact) mass is 185 g/mol. The third-order valence-corrected chi connectivity index (χ3v) is 3.08. The topological polar surface area (TPSA) is 41.5 Å². The summed E-state index contributed by atoms with van der Waals surface area (Å²) < 4.78 is 5.53. The molecule has 0 aromatic carbocycles. The van der Waals surface area contributed by atoms with Gasteiger partial charge in [0.15, 0.2) is 0 Å². The van der Waals surface area contributed by atoms with Gasteiger partial charge in [0.1, 0.15) is 0 Å².